The third-order valence-electron chi connectivity index (χ3n) is 2.11. The highest BCUT2D eigenvalue weighted by Crippen LogP contribution is 2.20. The van der Waals surface area contributed by atoms with Crippen LogP contribution < -0.4 is 0 Å². The molecule has 0 rings (SSSR count). The maximum Gasteiger partial charge on any atom is 0.118 e. The van der Waals surface area contributed by atoms with Gasteiger partial charge in [-0.3, -0.25) is 0 Å². The van der Waals surface area contributed by atoms with Crippen LogP contribution in [0.4, 0.5) is 0 Å². The highest BCUT2D eigenvalue weighted by atomic mass is 16.3. The van der Waals surface area contributed by atoms with Gasteiger partial charge in [-0.1, -0.05) is 37.9 Å². The Hall–Kier alpha value is -0.660. The fourth-order valence-corrected chi connectivity index (χ4v) is 1.05. The van der Waals surface area contributed by atoms with E-state index in [0.717, 1.165) is 19.3 Å². The summed E-state index contributed by atoms with van der Waals surface area (Å²) in [4.78, 5) is 10.4. The number of nitroso groups, excluding NO2 is 1. The van der Waals surface area contributed by atoms with E-state index < -0.39 is 5.54 Å². The van der Waals surface area contributed by atoms with E-state index in [1.54, 1.807) is 6.08 Å². The normalized spacial score (nSPS) is 15.7. The minimum absolute atomic E-state index is 0.547. The monoisotopic (exact) mass is 169 g/mol. The summed E-state index contributed by atoms with van der Waals surface area (Å²) in [5.74, 6) is 0.700. The number of hydrogen-bond acceptors (Lipinski definition) is 2. The molecule has 1 unspecified atom stereocenters. The van der Waals surface area contributed by atoms with Gasteiger partial charge in [0.1, 0.15) is 5.54 Å². The van der Waals surface area contributed by atoms with Gasteiger partial charge in [0.2, 0.25) is 0 Å². The Morgan fingerprint density at radius 1 is 1.58 bits per heavy atom. The van der Waals surface area contributed by atoms with E-state index in [-0.39, 0.29) is 0 Å². The lowest BCUT2D eigenvalue weighted by Gasteiger charge is -2.16. The van der Waals surface area contributed by atoms with Crippen LogP contribution in [-0.2, 0) is 0 Å². The van der Waals surface area contributed by atoms with E-state index in [2.05, 4.69) is 25.6 Å². The summed E-state index contributed by atoms with van der Waals surface area (Å²) in [7, 11) is 0. The van der Waals surface area contributed by atoms with E-state index in [1.807, 2.05) is 6.92 Å². The molecule has 2 heteroatoms. The molecule has 0 saturated carbocycles. The minimum atomic E-state index is -0.547. The molecule has 0 aromatic rings. The first-order valence-corrected chi connectivity index (χ1v) is 4.52. The van der Waals surface area contributed by atoms with Gasteiger partial charge >= 0.3 is 0 Å². The van der Waals surface area contributed by atoms with Crippen LogP contribution >= 0.6 is 0 Å². The molecule has 0 saturated heterocycles. The zero-order chi connectivity index (χ0) is 9.61. The van der Waals surface area contributed by atoms with Gasteiger partial charge in [0.05, 0.1) is 0 Å². The highest BCUT2D eigenvalue weighted by Gasteiger charge is 2.19. The van der Waals surface area contributed by atoms with Gasteiger partial charge < -0.3 is 0 Å². The summed E-state index contributed by atoms with van der Waals surface area (Å²) < 4.78 is 0. The fraction of sp³-hybridized carbons (Fsp3) is 0.800. The molecular weight excluding hydrogens is 150 g/mol. The molecule has 12 heavy (non-hydrogen) atoms. The maximum atomic E-state index is 10.4. The average Bonchev–Trinajstić information content (AvgIpc) is 2.03. The number of hydrogen-bond donors (Lipinski definition) is 0. The van der Waals surface area contributed by atoms with Crippen molar-refractivity contribution in [2.24, 2.45) is 11.1 Å². The van der Waals surface area contributed by atoms with Crippen LogP contribution in [0.5, 0.6) is 0 Å². The quantitative estimate of drug-likeness (QED) is 0.442. The second kappa shape index (κ2) is 5.07. The predicted octanol–water partition coefficient (Wildman–Crippen LogP) is 3.52. The van der Waals surface area contributed by atoms with Crippen LogP contribution in [0.1, 0.15) is 40.0 Å². The molecule has 0 fully saturated rings. The van der Waals surface area contributed by atoms with Gasteiger partial charge in [-0.05, 0) is 19.3 Å². The summed E-state index contributed by atoms with van der Waals surface area (Å²) in [6.45, 7) is 9.79. The smallest absolute Gasteiger partial charge is 0.118 e. The molecule has 0 amide bonds. The molecule has 0 aliphatic carbocycles. The van der Waals surface area contributed by atoms with E-state index in [1.165, 1.54) is 0 Å². The van der Waals surface area contributed by atoms with Gasteiger partial charge in [-0.2, -0.15) is 0 Å². The standard InChI is InChI=1S/C10H19NO/c1-5-10(4,11-12)8-6-7-9(2)3/h5,9H,1,6-8H2,2-4H3. The first kappa shape index (κ1) is 11.3. The molecule has 0 N–H and O–H groups in total. The number of rotatable bonds is 6. The highest BCUT2D eigenvalue weighted by molar-refractivity contribution is 4.98. The van der Waals surface area contributed by atoms with Crippen LogP contribution in [0.3, 0.4) is 0 Å². The Bertz CT molecular complexity index is 144. The maximum absolute atomic E-state index is 10.4. The lowest BCUT2D eigenvalue weighted by Crippen LogP contribution is -2.17. The zero-order valence-corrected chi connectivity index (χ0v) is 8.34. The van der Waals surface area contributed by atoms with E-state index in [0.29, 0.717) is 5.92 Å². The van der Waals surface area contributed by atoms with E-state index in [4.69, 9.17) is 0 Å². The lowest BCUT2D eigenvalue weighted by molar-refractivity contribution is 0.458. The molecule has 0 aromatic carbocycles. The molecule has 0 heterocycles. The molecule has 0 bridgehead atoms. The van der Waals surface area contributed by atoms with E-state index >= 15 is 0 Å². The number of nitrogens with zero attached hydrogens (tertiary/aromatic N) is 1. The predicted molar refractivity (Wildman–Crippen MR) is 53.1 cm³/mol. The third kappa shape index (κ3) is 4.27. The van der Waals surface area contributed by atoms with Crippen molar-refractivity contribution in [3.8, 4) is 0 Å². The van der Waals surface area contributed by atoms with Gasteiger partial charge in [0, 0.05) is 0 Å². The second-order valence-electron chi connectivity index (χ2n) is 3.94. The van der Waals surface area contributed by atoms with Crippen LogP contribution in [0, 0.1) is 10.8 Å². The largest absolute Gasteiger partial charge is 0.150 e. The molecule has 0 aliphatic heterocycles. The van der Waals surface area contributed by atoms with Crippen molar-refractivity contribution in [2.45, 2.75) is 45.6 Å². The summed E-state index contributed by atoms with van der Waals surface area (Å²) in [5, 5.41) is 3.07. The Kier molecular flexibility index (Phi) is 4.79. The van der Waals surface area contributed by atoms with Gasteiger partial charge in [-0.25, -0.2) is 0 Å². The van der Waals surface area contributed by atoms with Gasteiger partial charge in [0.25, 0.3) is 0 Å². The van der Waals surface area contributed by atoms with Crippen molar-refractivity contribution < 1.29 is 0 Å². The molecule has 0 radical (unpaired) electrons. The summed E-state index contributed by atoms with van der Waals surface area (Å²) >= 11 is 0. The first-order valence-electron chi connectivity index (χ1n) is 4.52. The molecule has 70 valence electrons. The molecule has 1 atom stereocenters. The van der Waals surface area contributed by atoms with Crippen molar-refractivity contribution >= 4 is 0 Å². The van der Waals surface area contributed by atoms with Gasteiger partial charge in [-0.15, -0.1) is 11.5 Å². The zero-order valence-electron chi connectivity index (χ0n) is 8.34. The second-order valence-corrected chi connectivity index (χ2v) is 3.94. The van der Waals surface area contributed by atoms with E-state index in [9.17, 15) is 4.91 Å². The van der Waals surface area contributed by atoms with Crippen molar-refractivity contribution in [3.05, 3.63) is 17.6 Å². The Morgan fingerprint density at radius 3 is 2.50 bits per heavy atom. The van der Waals surface area contributed by atoms with Crippen molar-refractivity contribution in [2.75, 3.05) is 0 Å². The summed E-state index contributed by atoms with van der Waals surface area (Å²) in [5.41, 5.74) is -0.547. The summed E-state index contributed by atoms with van der Waals surface area (Å²) in [6.07, 6.45) is 4.66. The Morgan fingerprint density at radius 2 is 2.17 bits per heavy atom. The molecule has 2 nitrogen and oxygen atoms in total. The average molecular weight is 169 g/mol. The summed E-state index contributed by atoms with van der Waals surface area (Å²) in [6, 6.07) is 0. The molecule has 0 spiro atoms. The topological polar surface area (TPSA) is 29.4 Å². The molecular formula is C10H19NO. The van der Waals surface area contributed by atoms with Crippen LogP contribution in [0.15, 0.2) is 17.8 Å². The third-order valence-corrected chi connectivity index (χ3v) is 2.11. The lowest BCUT2D eigenvalue weighted by atomic mass is 9.94. The van der Waals surface area contributed by atoms with Crippen LogP contribution in [0.2, 0.25) is 0 Å². The van der Waals surface area contributed by atoms with Crippen LogP contribution in [-0.4, -0.2) is 5.54 Å². The van der Waals surface area contributed by atoms with Crippen LogP contribution in [0.25, 0.3) is 0 Å². The van der Waals surface area contributed by atoms with Crippen molar-refractivity contribution in [1.29, 1.82) is 0 Å². The van der Waals surface area contributed by atoms with Crippen molar-refractivity contribution in [1.82, 2.24) is 0 Å². The van der Waals surface area contributed by atoms with Crippen molar-refractivity contribution in [3.63, 3.8) is 0 Å². The van der Waals surface area contributed by atoms with Gasteiger partial charge in [0.15, 0.2) is 0 Å². The first-order chi connectivity index (χ1) is 5.54. The molecule has 0 aromatic heterocycles. The Labute approximate surface area is 75.0 Å². The fourth-order valence-electron chi connectivity index (χ4n) is 1.05. The molecule has 0 aliphatic rings. The Balaban J connectivity index is 3.73. The SMILES string of the molecule is C=CC(C)(CCCC(C)C)N=O. The minimum Gasteiger partial charge on any atom is -0.150 e.